The van der Waals surface area contributed by atoms with Crippen LogP contribution in [-0.4, -0.2) is 32.2 Å². The molecule has 0 saturated carbocycles. The smallest absolute Gasteiger partial charge is 0.0724 e. The number of aromatic nitrogens is 2. The van der Waals surface area contributed by atoms with E-state index in [-0.39, 0.29) is 0 Å². The molecule has 0 spiro atoms. The first-order valence-electron chi connectivity index (χ1n) is 4.97. The highest BCUT2D eigenvalue weighted by atomic mass is 32.2. The molecule has 1 aromatic rings. The first-order chi connectivity index (χ1) is 7.18. The summed E-state index contributed by atoms with van der Waals surface area (Å²) in [6.07, 6.45) is 7.74. The lowest BCUT2D eigenvalue weighted by atomic mass is 10.2. The van der Waals surface area contributed by atoms with E-state index >= 15 is 0 Å². The lowest BCUT2D eigenvalue weighted by Crippen LogP contribution is -2.27. The van der Waals surface area contributed by atoms with E-state index in [1.165, 1.54) is 0 Å². The summed E-state index contributed by atoms with van der Waals surface area (Å²) in [5.74, 6) is 0.745. The topological polar surface area (TPSA) is 54.9 Å². The summed E-state index contributed by atoms with van der Waals surface area (Å²) in [5.41, 5.74) is 0.932. The van der Waals surface area contributed by atoms with Crippen molar-refractivity contribution >= 4 is 10.8 Å². The third-order valence-corrected chi connectivity index (χ3v) is 2.90. The Hall–Kier alpha value is -0.810. The quantitative estimate of drug-likeness (QED) is 0.778. The number of hydrogen-bond donors (Lipinski definition) is 1. The standard InChI is InChI=1S/C10H17N3OS/c1-9(3-6-15(2)14)13-8-10-7-11-4-5-12-10/h4-5,7,9,13H,3,6,8H2,1-2H3. The molecular weight excluding hydrogens is 210 g/mol. The fraction of sp³-hybridized carbons (Fsp3) is 0.600. The Balaban J connectivity index is 2.22. The van der Waals surface area contributed by atoms with Gasteiger partial charge in [0.2, 0.25) is 0 Å². The van der Waals surface area contributed by atoms with Gasteiger partial charge in [-0.05, 0) is 13.3 Å². The molecule has 0 aromatic carbocycles. The zero-order chi connectivity index (χ0) is 11.1. The van der Waals surface area contributed by atoms with Gasteiger partial charge in [-0.25, -0.2) is 0 Å². The number of nitrogens with zero attached hydrogens (tertiary/aromatic N) is 2. The van der Waals surface area contributed by atoms with Crippen LogP contribution in [0.4, 0.5) is 0 Å². The molecule has 1 N–H and O–H groups in total. The summed E-state index contributed by atoms with van der Waals surface area (Å²) in [4.78, 5) is 8.15. The molecule has 0 bridgehead atoms. The highest BCUT2D eigenvalue weighted by molar-refractivity contribution is 7.84. The van der Waals surface area contributed by atoms with Crippen LogP contribution in [-0.2, 0) is 17.3 Å². The van der Waals surface area contributed by atoms with E-state index in [1.54, 1.807) is 24.8 Å². The van der Waals surface area contributed by atoms with Crippen LogP contribution in [0.2, 0.25) is 0 Å². The molecule has 15 heavy (non-hydrogen) atoms. The predicted molar refractivity (Wildman–Crippen MR) is 61.9 cm³/mol. The molecule has 0 aliphatic heterocycles. The molecule has 4 nitrogen and oxygen atoms in total. The van der Waals surface area contributed by atoms with Crippen molar-refractivity contribution in [3.63, 3.8) is 0 Å². The Morgan fingerprint density at radius 2 is 2.33 bits per heavy atom. The zero-order valence-electron chi connectivity index (χ0n) is 9.14. The second kappa shape index (κ2) is 6.63. The average molecular weight is 227 g/mol. The van der Waals surface area contributed by atoms with E-state index in [9.17, 15) is 4.21 Å². The maximum atomic E-state index is 10.9. The molecule has 1 rings (SSSR count). The van der Waals surface area contributed by atoms with Gasteiger partial charge in [0.05, 0.1) is 5.69 Å². The highest BCUT2D eigenvalue weighted by Gasteiger charge is 2.03. The second-order valence-corrected chi connectivity index (χ2v) is 5.10. The fourth-order valence-electron chi connectivity index (χ4n) is 1.14. The summed E-state index contributed by atoms with van der Waals surface area (Å²) in [6.45, 7) is 2.80. The Morgan fingerprint density at radius 1 is 1.53 bits per heavy atom. The maximum absolute atomic E-state index is 10.9. The molecule has 5 heteroatoms. The number of rotatable bonds is 6. The zero-order valence-corrected chi connectivity index (χ0v) is 9.96. The van der Waals surface area contributed by atoms with Crippen molar-refractivity contribution in [2.75, 3.05) is 12.0 Å². The van der Waals surface area contributed by atoms with Crippen molar-refractivity contribution in [3.05, 3.63) is 24.3 Å². The molecule has 0 saturated heterocycles. The molecule has 84 valence electrons. The summed E-state index contributed by atoms with van der Waals surface area (Å²) in [7, 11) is -0.702. The summed E-state index contributed by atoms with van der Waals surface area (Å²) >= 11 is 0. The van der Waals surface area contributed by atoms with E-state index in [0.717, 1.165) is 17.9 Å². The minimum atomic E-state index is -0.702. The van der Waals surface area contributed by atoms with Crippen molar-refractivity contribution in [1.82, 2.24) is 15.3 Å². The summed E-state index contributed by atoms with van der Waals surface area (Å²) in [5, 5.41) is 3.32. The van der Waals surface area contributed by atoms with E-state index in [1.807, 2.05) is 0 Å². The molecule has 1 aromatic heterocycles. The third-order valence-electron chi connectivity index (χ3n) is 2.09. The monoisotopic (exact) mass is 227 g/mol. The molecular formula is C10H17N3OS. The lowest BCUT2D eigenvalue weighted by molar-refractivity contribution is 0.529. The van der Waals surface area contributed by atoms with Gasteiger partial charge in [-0.2, -0.15) is 0 Å². The molecule has 2 unspecified atom stereocenters. The van der Waals surface area contributed by atoms with Crippen molar-refractivity contribution in [2.45, 2.75) is 25.9 Å². The molecule has 1 heterocycles. The Bertz CT molecular complexity index is 305. The van der Waals surface area contributed by atoms with Gasteiger partial charge in [0.15, 0.2) is 0 Å². The molecule has 0 aliphatic carbocycles. The first-order valence-corrected chi connectivity index (χ1v) is 6.69. The van der Waals surface area contributed by atoms with Crippen LogP contribution < -0.4 is 5.32 Å². The first kappa shape index (κ1) is 12.3. The minimum absolute atomic E-state index is 0.357. The van der Waals surface area contributed by atoms with Crippen molar-refractivity contribution in [1.29, 1.82) is 0 Å². The maximum Gasteiger partial charge on any atom is 0.0724 e. The SMILES string of the molecule is CC(CCS(C)=O)NCc1cnccn1. The van der Waals surface area contributed by atoms with Gasteiger partial charge in [0.25, 0.3) is 0 Å². The molecule has 0 radical (unpaired) electrons. The van der Waals surface area contributed by atoms with E-state index < -0.39 is 10.8 Å². The van der Waals surface area contributed by atoms with Crippen LogP contribution in [0.1, 0.15) is 19.0 Å². The third kappa shape index (κ3) is 5.59. The van der Waals surface area contributed by atoms with Crippen LogP contribution in [0.25, 0.3) is 0 Å². The molecule has 2 atom stereocenters. The van der Waals surface area contributed by atoms with Gasteiger partial charge in [0.1, 0.15) is 0 Å². The van der Waals surface area contributed by atoms with E-state index in [4.69, 9.17) is 0 Å². The van der Waals surface area contributed by atoms with Gasteiger partial charge < -0.3 is 5.32 Å². The highest BCUT2D eigenvalue weighted by Crippen LogP contribution is 1.95. The van der Waals surface area contributed by atoms with Crippen molar-refractivity contribution < 1.29 is 4.21 Å². The number of nitrogens with one attached hydrogen (secondary N) is 1. The number of hydrogen-bond acceptors (Lipinski definition) is 4. The Labute approximate surface area is 93.0 Å². The predicted octanol–water partition coefficient (Wildman–Crippen LogP) is 0.723. The van der Waals surface area contributed by atoms with Crippen molar-refractivity contribution in [2.24, 2.45) is 0 Å². The van der Waals surface area contributed by atoms with Crippen LogP contribution in [0, 0.1) is 0 Å². The second-order valence-electron chi connectivity index (χ2n) is 3.54. The average Bonchev–Trinajstić information content (AvgIpc) is 2.25. The molecule has 0 aliphatic rings. The Morgan fingerprint density at radius 3 is 2.93 bits per heavy atom. The summed E-state index contributed by atoms with van der Waals surface area (Å²) < 4.78 is 10.9. The molecule has 0 fully saturated rings. The van der Waals surface area contributed by atoms with Crippen molar-refractivity contribution in [3.8, 4) is 0 Å². The van der Waals surface area contributed by atoms with Gasteiger partial charge in [-0.15, -0.1) is 0 Å². The van der Waals surface area contributed by atoms with E-state index in [0.29, 0.717) is 12.6 Å². The summed E-state index contributed by atoms with van der Waals surface area (Å²) in [6, 6.07) is 0.357. The largest absolute Gasteiger partial charge is 0.309 e. The van der Waals surface area contributed by atoms with Gasteiger partial charge >= 0.3 is 0 Å². The Kier molecular flexibility index (Phi) is 5.42. The van der Waals surface area contributed by atoms with Crippen LogP contribution in [0.3, 0.4) is 0 Å². The van der Waals surface area contributed by atoms with E-state index in [2.05, 4.69) is 22.2 Å². The normalized spacial score (nSPS) is 14.8. The molecule has 0 amide bonds. The minimum Gasteiger partial charge on any atom is -0.309 e. The van der Waals surface area contributed by atoms with Gasteiger partial charge in [-0.3, -0.25) is 14.2 Å². The van der Waals surface area contributed by atoms with Crippen LogP contribution >= 0.6 is 0 Å². The van der Waals surface area contributed by atoms with Crippen LogP contribution in [0.15, 0.2) is 18.6 Å². The fourth-order valence-corrected chi connectivity index (χ4v) is 1.83. The van der Waals surface area contributed by atoms with Gasteiger partial charge in [-0.1, -0.05) is 0 Å². The van der Waals surface area contributed by atoms with Gasteiger partial charge in [0, 0.05) is 54.0 Å². The lowest BCUT2D eigenvalue weighted by Gasteiger charge is -2.12. The van der Waals surface area contributed by atoms with Crippen LogP contribution in [0.5, 0.6) is 0 Å².